The van der Waals surface area contributed by atoms with E-state index in [2.05, 4.69) is 15.1 Å². The molecule has 0 atom stereocenters. The number of H-pyrrole nitrogens is 1. The summed E-state index contributed by atoms with van der Waals surface area (Å²) in [7, 11) is 0. The van der Waals surface area contributed by atoms with Crippen molar-refractivity contribution in [2.45, 2.75) is 24.8 Å². The molecular formula is C24H24F2N4O. The Morgan fingerprint density at radius 1 is 0.903 bits per heavy atom. The molecule has 0 radical (unpaired) electrons. The van der Waals surface area contributed by atoms with Gasteiger partial charge in [0.2, 0.25) is 0 Å². The average molecular weight is 422 g/mol. The number of hydrogen-bond donors (Lipinski definition) is 1. The second-order valence-corrected chi connectivity index (χ2v) is 8.32. The van der Waals surface area contributed by atoms with Gasteiger partial charge in [0.25, 0.3) is 5.91 Å². The molecule has 5 rings (SSSR count). The van der Waals surface area contributed by atoms with Crippen LogP contribution >= 0.6 is 0 Å². The van der Waals surface area contributed by atoms with Crippen molar-refractivity contribution in [1.82, 2.24) is 20.0 Å². The fourth-order valence-corrected chi connectivity index (χ4v) is 4.30. The zero-order chi connectivity index (χ0) is 21.4. The van der Waals surface area contributed by atoms with Crippen LogP contribution in [-0.2, 0) is 0 Å². The number of halogens is 2. The van der Waals surface area contributed by atoms with Crippen LogP contribution in [0.15, 0.2) is 54.6 Å². The lowest BCUT2D eigenvalue weighted by Gasteiger charge is -2.39. The highest BCUT2D eigenvalue weighted by atomic mass is 19.1. The van der Waals surface area contributed by atoms with Gasteiger partial charge in [-0.25, -0.2) is 8.78 Å². The molecule has 160 valence electrons. The third-order valence-corrected chi connectivity index (χ3v) is 6.17. The molecule has 1 aliphatic heterocycles. The topological polar surface area (TPSA) is 52.2 Å². The van der Waals surface area contributed by atoms with Gasteiger partial charge in [0, 0.05) is 37.8 Å². The maximum Gasteiger partial charge on any atom is 0.274 e. The first-order valence-electron chi connectivity index (χ1n) is 10.7. The number of benzene rings is 2. The lowest BCUT2D eigenvalue weighted by Crippen LogP contribution is -2.50. The maximum atomic E-state index is 13.5. The van der Waals surface area contributed by atoms with E-state index < -0.39 is 0 Å². The van der Waals surface area contributed by atoms with E-state index in [1.54, 1.807) is 24.3 Å². The molecule has 2 fully saturated rings. The fraction of sp³-hybridized carbons (Fsp3) is 0.333. The Morgan fingerprint density at radius 3 is 1.97 bits per heavy atom. The molecule has 1 aliphatic carbocycles. The molecule has 7 heteroatoms. The van der Waals surface area contributed by atoms with Crippen LogP contribution in [0.5, 0.6) is 0 Å². The van der Waals surface area contributed by atoms with E-state index in [9.17, 15) is 13.6 Å². The summed E-state index contributed by atoms with van der Waals surface area (Å²) in [5, 5.41) is 7.22. The molecule has 5 nitrogen and oxygen atoms in total. The summed E-state index contributed by atoms with van der Waals surface area (Å²) in [6, 6.07) is 14.6. The number of carbonyl (C=O) groups excluding carboxylic acids is 1. The average Bonchev–Trinajstić information content (AvgIpc) is 3.53. The fourth-order valence-electron chi connectivity index (χ4n) is 4.30. The lowest BCUT2D eigenvalue weighted by atomic mass is 9.96. The largest absolute Gasteiger partial charge is 0.335 e. The molecule has 2 aliphatic rings. The van der Waals surface area contributed by atoms with E-state index in [0.717, 1.165) is 29.7 Å². The monoisotopic (exact) mass is 422 g/mol. The molecule has 1 N–H and O–H groups in total. The number of carbonyl (C=O) groups is 1. The number of amides is 1. The smallest absolute Gasteiger partial charge is 0.274 e. The van der Waals surface area contributed by atoms with Gasteiger partial charge in [-0.2, -0.15) is 5.10 Å². The first-order valence-corrected chi connectivity index (χ1v) is 10.7. The van der Waals surface area contributed by atoms with Crippen LogP contribution in [0.3, 0.4) is 0 Å². The molecule has 1 aromatic heterocycles. The highest BCUT2D eigenvalue weighted by Gasteiger charge is 2.31. The Hall–Kier alpha value is -3.06. The third kappa shape index (κ3) is 4.23. The number of nitrogens with one attached hydrogen (secondary N) is 1. The van der Waals surface area contributed by atoms with Crippen molar-refractivity contribution < 1.29 is 13.6 Å². The van der Waals surface area contributed by atoms with Crippen molar-refractivity contribution in [3.8, 4) is 0 Å². The van der Waals surface area contributed by atoms with Crippen molar-refractivity contribution in [2.24, 2.45) is 0 Å². The first kappa shape index (κ1) is 19.9. The van der Waals surface area contributed by atoms with Crippen LogP contribution in [0.2, 0.25) is 0 Å². The lowest BCUT2D eigenvalue weighted by molar-refractivity contribution is 0.0591. The third-order valence-electron chi connectivity index (χ3n) is 6.17. The van der Waals surface area contributed by atoms with Crippen LogP contribution in [0.25, 0.3) is 0 Å². The summed E-state index contributed by atoms with van der Waals surface area (Å²) < 4.78 is 27.0. The van der Waals surface area contributed by atoms with Gasteiger partial charge in [-0.15, -0.1) is 0 Å². The van der Waals surface area contributed by atoms with Gasteiger partial charge in [-0.05, 0) is 54.3 Å². The van der Waals surface area contributed by atoms with Crippen LogP contribution in [0, 0.1) is 11.6 Å². The zero-order valence-electron chi connectivity index (χ0n) is 17.1. The van der Waals surface area contributed by atoms with Crippen LogP contribution in [0.1, 0.15) is 52.1 Å². The van der Waals surface area contributed by atoms with Crippen molar-refractivity contribution in [3.63, 3.8) is 0 Å². The second kappa shape index (κ2) is 8.23. The molecule has 0 unspecified atom stereocenters. The highest BCUT2D eigenvalue weighted by Crippen LogP contribution is 2.39. The van der Waals surface area contributed by atoms with Crippen LogP contribution in [-0.4, -0.2) is 52.1 Å². The van der Waals surface area contributed by atoms with E-state index in [4.69, 9.17) is 0 Å². The Morgan fingerprint density at radius 2 is 1.45 bits per heavy atom. The van der Waals surface area contributed by atoms with E-state index in [0.29, 0.717) is 37.8 Å². The van der Waals surface area contributed by atoms with Gasteiger partial charge < -0.3 is 4.90 Å². The van der Waals surface area contributed by atoms with Crippen molar-refractivity contribution in [2.75, 3.05) is 26.2 Å². The van der Waals surface area contributed by atoms with E-state index in [1.165, 1.54) is 24.3 Å². The summed E-state index contributed by atoms with van der Waals surface area (Å²) in [6.07, 6.45) is 2.31. The molecule has 0 bridgehead atoms. The Labute approximate surface area is 179 Å². The molecule has 0 spiro atoms. The molecule has 31 heavy (non-hydrogen) atoms. The minimum Gasteiger partial charge on any atom is -0.335 e. The Kier molecular flexibility index (Phi) is 5.28. The van der Waals surface area contributed by atoms with Gasteiger partial charge in [0.1, 0.15) is 17.3 Å². The standard InChI is InChI=1S/C24H24F2N4O/c25-19-7-3-17(4-8-19)23(18-5-9-20(26)10-6-18)29-11-13-30(14-12-29)24(31)22-15-21(27-28-22)16-1-2-16/h3-10,15-16,23H,1-2,11-14H2,(H,27,28). The Bertz CT molecular complexity index is 1010. The molecule has 3 aromatic rings. The number of aromatic nitrogens is 2. The predicted molar refractivity (Wildman–Crippen MR) is 113 cm³/mol. The molecule has 2 aromatic carbocycles. The van der Waals surface area contributed by atoms with E-state index in [-0.39, 0.29) is 23.6 Å². The summed E-state index contributed by atoms with van der Waals surface area (Å²) >= 11 is 0. The predicted octanol–water partition coefficient (Wildman–Crippen LogP) is 4.11. The first-order chi connectivity index (χ1) is 15.1. The SMILES string of the molecule is O=C(c1cc(C2CC2)[nH]n1)N1CCN(C(c2ccc(F)cc2)c2ccc(F)cc2)CC1. The van der Waals surface area contributed by atoms with Gasteiger partial charge in [0.15, 0.2) is 0 Å². The zero-order valence-corrected chi connectivity index (χ0v) is 17.1. The second-order valence-electron chi connectivity index (χ2n) is 8.32. The molecular weight excluding hydrogens is 398 g/mol. The minimum absolute atomic E-state index is 0.0529. The minimum atomic E-state index is -0.290. The van der Waals surface area contributed by atoms with Gasteiger partial charge in [-0.3, -0.25) is 14.8 Å². The Balaban J connectivity index is 1.32. The van der Waals surface area contributed by atoms with Gasteiger partial charge in [-0.1, -0.05) is 24.3 Å². The number of nitrogens with zero attached hydrogens (tertiary/aromatic N) is 3. The van der Waals surface area contributed by atoms with Crippen molar-refractivity contribution >= 4 is 5.91 Å². The van der Waals surface area contributed by atoms with Crippen molar-refractivity contribution in [3.05, 3.63) is 88.7 Å². The number of hydrogen-bond acceptors (Lipinski definition) is 3. The number of piperazine rings is 1. The summed E-state index contributed by atoms with van der Waals surface area (Å²) in [6.45, 7) is 2.46. The maximum absolute atomic E-state index is 13.5. The molecule has 1 amide bonds. The quantitative estimate of drug-likeness (QED) is 0.673. The molecule has 1 saturated heterocycles. The summed E-state index contributed by atoms with van der Waals surface area (Å²) in [4.78, 5) is 17.0. The summed E-state index contributed by atoms with van der Waals surface area (Å²) in [5.74, 6) is -0.107. The van der Waals surface area contributed by atoms with Crippen LogP contribution < -0.4 is 0 Å². The summed E-state index contributed by atoms with van der Waals surface area (Å²) in [5.41, 5.74) is 3.40. The van der Waals surface area contributed by atoms with Gasteiger partial charge in [0.05, 0.1) is 6.04 Å². The molecule has 1 saturated carbocycles. The van der Waals surface area contributed by atoms with Crippen molar-refractivity contribution in [1.29, 1.82) is 0 Å². The number of aromatic amines is 1. The van der Waals surface area contributed by atoms with Gasteiger partial charge >= 0.3 is 0 Å². The van der Waals surface area contributed by atoms with E-state index >= 15 is 0 Å². The normalized spacial score (nSPS) is 17.3. The van der Waals surface area contributed by atoms with Crippen LogP contribution in [0.4, 0.5) is 8.78 Å². The highest BCUT2D eigenvalue weighted by molar-refractivity contribution is 5.92. The van der Waals surface area contributed by atoms with E-state index in [1.807, 2.05) is 11.0 Å². The number of rotatable bonds is 5. The molecule has 2 heterocycles.